The molecule has 1 heterocycles. The van der Waals surface area contributed by atoms with E-state index >= 15 is 0 Å². The summed E-state index contributed by atoms with van der Waals surface area (Å²) >= 11 is 0. The fourth-order valence-corrected chi connectivity index (χ4v) is 2.56. The Kier molecular flexibility index (Phi) is 3.34. The second-order valence-electron chi connectivity index (χ2n) is 6.48. The van der Waals surface area contributed by atoms with Crippen LogP contribution in [0.15, 0.2) is 0 Å². The molecule has 2 N–H and O–H groups in total. The van der Waals surface area contributed by atoms with Crippen molar-refractivity contribution in [2.45, 2.75) is 51.7 Å². The Morgan fingerprint density at radius 1 is 1.24 bits per heavy atom. The number of nitrogens with zero attached hydrogens (tertiary/aromatic N) is 1. The Morgan fingerprint density at radius 2 is 1.88 bits per heavy atom. The molecule has 0 unspecified atom stereocenters. The number of hydrogen-bond acceptors (Lipinski definition) is 3. The Morgan fingerprint density at radius 3 is 2.41 bits per heavy atom. The number of carbonyl (C=O) groups is 1. The molecule has 1 aliphatic heterocycles. The molecule has 1 saturated carbocycles. The third-order valence-electron chi connectivity index (χ3n) is 3.46. The maximum Gasteiger partial charge on any atom is 0.410 e. The van der Waals surface area contributed by atoms with Crippen LogP contribution in [0.3, 0.4) is 0 Å². The maximum atomic E-state index is 12.0. The molecule has 2 aliphatic rings. The number of hydrogen-bond donors (Lipinski definition) is 1. The summed E-state index contributed by atoms with van der Waals surface area (Å²) in [6.45, 7) is 7.15. The minimum atomic E-state index is -0.423. The summed E-state index contributed by atoms with van der Waals surface area (Å²) < 4.78 is 5.41. The number of piperidine rings is 1. The molecule has 2 atom stereocenters. The number of likely N-dealkylation sites (tertiary alicyclic amines) is 1. The second-order valence-corrected chi connectivity index (χ2v) is 6.48. The number of amides is 1. The van der Waals surface area contributed by atoms with Crippen LogP contribution < -0.4 is 5.73 Å². The van der Waals surface area contributed by atoms with E-state index in [1.165, 1.54) is 12.8 Å². The lowest BCUT2D eigenvalue weighted by atomic mass is 9.91. The molecule has 2 rings (SSSR count). The lowest BCUT2D eigenvalue weighted by molar-refractivity contribution is 0.0132. The summed E-state index contributed by atoms with van der Waals surface area (Å²) in [5.74, 6) is 1.39. The molecular weight excluding hydrogens is 216 g/mol. The predicted octanol–water partition coefficient (Wildman–Crippen LogP) is 1.98. The van der Waals surface area contributed by atoms with Gasteiger partial charge in [-0.05, 0) is 51.9 Å². The molecule has 0 bridgehead atoms. The van der Waals surface area contributed by atoms with Gasteiger partial charge < -0.3 is 15.4 Å². The van der Waals surface area contributed by atoms with E-state index in [0.29, 0.717) is 12.5 Å². The molecule has 4 nitrogen and oxygen atoms in total. The number of nitrogens with two attached hydrogens (primary N) is 1. The van der Waals surface area contributed by atoms with E-state index in [9.17, 15) is 4.79 Å². The summed E-state index contributed by atoms with van der Waals surface area (Å²) in [4.78, 5) is 13.8. The largest absolute Gasteiger partial charge is 0.444 e. The van der Waals surface area contributed by atoms with Crippen LogP contribution >= 0.6 is 0 Å². The van der Waals surface area contributed by atoms with Crippen molar-refractivity contribution in [1.82, 2.24) is 4.90 Å². The zero-order chi connectivity index (χ0) is 12.6. The van der Waals surface area contributed by atoms with Gasteiger partial charge in [0.1, 0.15) is 5.60 Å². The van der Waals surface area contributed by atoms with E-state index in [4.69, 9.17) is 10.5 Å². The molecule has 1 saturated heterocycles. The first-order chi connectivity index (χ1) is 7.85. The normalized spacial score (nSPS) is 30.2. The molecule has 1 amide bonds. The van der Waals surface area contributed by atoms with Crippen LogP contribution in [0.25, 0.3) is 0 Å². The molecule has 4 heteroatoms. The smallest absolute Gasteiger partial charge is 0.410 e. The average molecular weight is 240 g/mol. The first-order valence-electron chi connectivity index (χ1n) is 6.58. The van der Waals surface area contributed by atoms with Crippen molar-refractivity contribution in [3.8, 4) is 0 Å². The topological polar surface area (TPSA) is 55.6 Å². The molecule has 0 aromatic rings. The van der Waals surface area contributed by atoms with Gasteiger partial charge in [0.05, 0.1) is 0 Å². The van der Waals surface area contributed by atoms with Crippen LogP contribution in [0.4, 0.5) is 4.79 Å². The minimum Gasteiger partial charge on any atom is -0.444 e. The highest BCUT2D eigenvalue weighted by Gasteiger charge is 2.38. The summed E-state index contributed by atoms with van der Waals surface area (Å²) in [6, 6.07) is 0.113. The number of ether oxygens (including phenoxy) is 1. The lowest BCUT2D eigenvalue weighted by Crippen LogP contribution is -2.51. The van der Waals surface area contributed by atoms with Gasteiger partial charge in [0.2, 0.25) is 0 Å². The highest BCUT2D eigenvalue weighted by atomic mass is 16.6. The van der Waals surface area contributed by atoms with E-state index in [0.717, 1.165) is 18.9 Å². The van der Waals surface area contributed by atoms with E-state index in [-0.39, 0.29) is 12.1 Å². The maximum absolute atomic E-state index is 12.0. The monoisotopic (exact) mass is 240 g/mol. The van der Waals surface area contributed by atoms with Gasteiger partial charge in [0.25, 0.3) is 0 Å². The molecule has 0 spiro atoms. The van der Waals surface area contributed by atoms with Crippen molar-refractivity contribution in [2.75, 3.05) is 13.1 Å². The Bertz CT molecular complexity index is 294. The van der Waals surface area contributed by atoms with Crippen molar-refractivity contribution < 1.29 is 9.53 Å². The van der Waals surface area contributed by atoms with Gasteiger partial charge in [-0.25, -0.2) is 4.79 Å². The Hall–Kier alpha value is -0.770. The van der Waals surface area contributed by atoms with Crippen molar-refractivity contribution in [3.05, 3.63) is 0 Å². The first-order valence-corrected chi connectivity index (χ1v) is 6.58. The van der Waals surface area contributed by atoms with Crippen molar-refractivity contribution >= 4 is 6.09 Å². The summed E-state index contributed by atoms with van der Waals surface area (Å²) in [6.07, 6.45) is 3.46. The number of rotatable bonds is 1. The average Bonchev–Trinajstić information content (AvgIpc) is 2.96. The SMILES string of the molecule is CC(C)(C)OC(=O)N1C[C@@H](N)C[C@@H](C2CC2)C1. The summed E-state index contributed by atoms with van der Waals surface area (Å²) in [7, 11) is 0. The molecule has 0 radical (unpaired) electrons. The second kappa shape index (κ2) is 4.48. The van der Waals surface area contributed by atoms with Crippen LogP contribution in [-0.2, 0) is 4.74 Å². The van der Waals surface area contributed by atoms with Gasteiger partial charge in [-0.1, -0.05) is 0 Å². The van der Waals surface area contributed by atoms with Gasteiger partial charge in [0, 0.05) is 19.1 Å². The van der Waals surface area contributed by atoms with Gasteiger partial charge in [-0.3, -0.25) is 0 Å². The summed E-state index contributed by atoms with van der Waals surface area (Å²) in [5.41, 5.74) is 5.61. The fraction of sp³-hybridized carbons (Fsp3) is 0.923. The van der Waals surface area contributed by atoms with Crippen LogP contribution in [0.5, 0.6) is 0 Å². The van der Waals surface area contributed by atoms with Crippen LogP contribution in [-0.4, -0.2) is 35.7 Å². The molecule has 2 fully saturated rings. The molecule has 0 aromatic carbocycles. The predicted molar refractivity (Wildman–Crippen MR) is 66.6 cm³/mol. The number of carbonyl (C=O) groups excluding carboxylic acids is 1. The lowest BCUT2D eigenvalue weighted by Gasteiger charge is -2.37. The zero-order valence-electron chi connectivity index (χ0n) is 11.1. The van der Waals surface area contributed by atoms with Crippen molar-refractivity contribution in [2.24, 2.45) is 17.6 Å². The van der Waals surface area contributed by atoms with Gasteiger partial charge in [0.15, 0.2) is 0 Å². The van der Waals surface area contributed by atoms with Crippen molar-refractivity contribution in [1.29, 1.82) is 0 Å². The van der Waals surface area contributed by atoms with E-state index in [1.807, 2.05) is 20.8 Å². The molecular formula is C13H24N2O2. The van der Waals surface area contributed by atoms with E-state index < -0.39 is 5.60 Å². The zero-order valence-corrected chi connectivity index (χ0v) is 11.1. The Balaban J connectivity index is 1.92. The first kappa shape index (κ1) is 12.7. The molecule has 1 aliphatic carbocycles. The quantitative estimate of drug-likeness (QED) is 0.762. The highest BCUT2D eigenvalue weighted by molar-refractivity contribution is 5.68. The Labute approximate surface area is 103 Å². The third-order valence-corrected chi connectivity index (χ3v) is 3.46. The fourth-order valence-electron chi connectivity index (χ4n) is 2.56. The van der Waals surface area contributed by atoms with Crippen LogP contribution in [0.2, 0.25) is 0 Å². The van der Waals surface area contributed by atoms with E-state index in [2.05, 4.69) is 0 Å². The minimum absolute atomic E-state index is 0.113. The summed E-state index contributed by atoms with van der Waals surface area (Å²) in [5, 5.41) is 0. The third kappa shape index (κ3) is 3.60. The van der Waals surface area contributed by atoms with Gasteiger partial charge in [-0.15, -0.1) is 0 Å². The van der Waals surface area contributed by atoms with Crippen LogP contribution in [0, 0.1) is 11.8 Å². The molecule has 98 valence electrons. The molecule has 17 heavy (non-hydrogen) atoms. The van der Waals surface area contributed by atoms with Gasteiger partial charge >= 0.3 is 6.09 Å². The standard InChI is InChI=1S/C13H24N2O2/c1-13(2,3)17-12(16)15-7-10(9-4-5-9)6-11(14)8-15/h9-11H,4-8,14H2,1-3H3/t10-,11+/m1/s1. The van der Waals surface area contributed by atoms with Crippen LogP contribution in [0.1, 0.15) is 40.0 Å². The van der Waals surface area contributed by atoms with Crippen molar-refractivity contribution in [3.63, 3.8) is 0 Å². The highest BCUT2D eigenvalue weighted by Crippen LogP contribution is 2.40. The molecule has 0 aromatic heterocycles. The van der Waals surface area contributed by atoms with Gasteiger partial charge in [-0.2, -0.15) is 0 Å². The van der Waals surface area contributed by atoms with E-state index in [1.54, 1.807) is 4.90 Å².